The summed E-state index contributed by atoms with van der Waals surface area (Å²) in [7, 11) is 1.14. The van der Waals surface area contributed by atoms with E-state index in [4.69, 9.17) is 4.74 Å². The number of alkyl halides is 3. The second kappa shape index (κ2) is 8.17. The van der Waals surface area contributed by atoms with E-state index >= 15 is 0 Å². The Bertz CT molecular complexity index is 1000. The molecule has 0 spiro atoms. The van der Waals surface area contributed by atoms with E-state index in [9.17, 15) is 22.4 Å². The van der Waals surface area contributed by atoms with Gasteiger partial charge in [-0.05, 0) is 36.4 Å². The average molecular weight is 411 g/mol. The van der Waals surface area contributed by atoms with Gasteiger partial charge in [0.2, 0.25) is 0 Å². The minimum absolute atomic E-state index is 0.0979. The molecule has 0 atom stereocenters. The predicted molar refractivity (Wildman–Crippen MR) is 90.1 cm³/mol. The van der Waals surface area contributed by atoms with Crippen molar-refractivity contribution >= 4 is 5.97 Å². The van der Waals surface area contributed by atoms with Crippen LogP contribution >= 0.6 is 0 Å². The third-order valence-electron chi connectivity index (χ3n) is 3.59. The highest BCUT2D eigenvalue weighted by Gasteiger charge is 2.31. The standard InChI is InChI=1S/C18H13F4N3O4/c1-27-17(26)14-7-6-13(8-15(14)19)28-9-16-23-10-25(24-16)11-2-4-12(5-3-11)29-18(20,21)22/h2-8,10H,9H2,1H3. The van der Waals surface area contributed by atoms with Gasteiger partial charge in [-0.1, -0.05) is 0 Å². The Morgan fingerprint density at radius 1 is 1.10 bits per heavy atom. The third-order valence-corrected chi connectivity index (χ3v) is 3.59. The van der Waals surface area contributed by atoms with Gasteiger partial charge in [-0.15, -0.1) is 18.3 Å². The number of aromatic nitrogens is 3. The van der Waals surface area contributed by atoms with Crippen molar-refractivity contribution in [1.29, 1.82) is 0 Å². The highest BCUT2D eigenvalue weighted by atomic mass is 19.4. The van der Waals surface area contributed by atoms with E-state index in [2.05, 4.69) is 19.6 Å². The van der Waals surface area contributed by atoms with Crippen LogP contribution in [-0.4, -0.2) is 34.2 Å². The molecule has 0 bridgehead atoms. The number of esters is 1. The number of carbonyl (C=O) groups is 1. The van der Waals surface area contributed by atoms with Gasteiger partial charge in [-0.25, -0.2) is 18.9 Å². The maximum atomic E-state index is 13.9. The monoisotopic (exact) mass is 411 g/mol. The molecule has 0 saturated heterocycles. The van der Waals surface area contributed by atoms with Crippen LogP contribution in [0.1, 0.15) is 16.2 Å². The van der Waals surface area contributed by atoms with Crippen molar-refractivity contribution < 1.29 is 36.6 Å². The molecule has 2 aromatic carbocycles. The molecule has 0 aliphatic carbocycles. The van der Waals surface area contributed by atoms with E-state index in [-0.39, 0.29) is 29.5 Å². The van der Waals surface area contributed by atoms with Gasteiger partial charge >= 0.3 is 12.3 Å². The molecule has 1 heterocycles. The van der Waals surface area contributed by atoms with Crippen LogP contribution in [0.2, 0.25) is 0 Å². The highest BCUT2D eigenvalue weighted by molar-refractivity contribution is 5.89. The van der Waals surface area contributed by atoms with Gasteiger partial charge in [-0.2, -0.15) is 0 Å². The van der Waals surface area contributed by atoms with Crippen molar-refractivity contribution in [2.45, 2.75) is 13.0 Å². The van der Waals surface area contributed by atoms with E-state index in [0.29, 0.717) is 5.69 Å². The van der Waals surface area contributed by atoms with Crippen LogP contribution in [-0.2, 0) is 11.3 Å². The zero-order chi connectivity index (χ0) is 21.0. The lowest BCUT2D eigenvalue weighted by atomic mass is 10.2. The van der Waals surface area contributed by atoms with Gasteiger partial charge in [0.05, 0.1) is 18.4 Å². The summed E-state index contributed by atoms with van der Waals surface area (Å²) in [5, 5.41) is 4.13. The predicted octanol–water partition coefficient (Wildman–Crippen LogP) is 3.67. The van der Waals surface area contributed by atoms with Crippen LogP contribution in [0, 0.1) is 5.82 Å². The van der Waals surface area contributed by atoms with E-state index in [0.717, 1.165) is 25.3 Å². The first-order valence-corrected chi connectivity index (χ1v) is 8.02. The first-order valence-electron chi connectivity index (χ1n) is 8.02. The average Bonchev–Trinajstić information content (AvgIpc) is 3.14. The zero-order valence-electron chi connectivity index (χ0n) is 14.8. The fraction of sp³-hybridized carbons (Fsp3) is 0.167. The fourth-order valence-corrected chi connectivity index (χ4v) is 2.30. The van der Waals surface area contributed by atoms with Gasteiger partial charge in [0.25, 0.3) is 0 Å². The van der Waals surface area contributed by atoms with E-state index in [1.165, 1.54) is 35.3 Å². The molecule has 3 rings (SSSR count). The second-order valence-electron chi connectivity index (χ2n) is 5.57. The quantitative estimate of drug-likeness (QED) is 0.455. The maximum absolute atomic E-state index is 13.9. The number of ether oxygens (including phenoxy) is 3. The lowest BCUT2D eigenvalue weighted by Gasteiger charge is -2.09. The summed E-state index contributed by atoms with van der Waals surface area (Å²) in [5.74, 6) is -1.56. The van der Waals surface area contributed by atoms with Crippen molar-refractivity contribution in [2.75, 3.05) is 7.11 Å². The normalized spacial score (nSPS) is 11.2. The summed E-state index contributed by atoms with van der Waals surface area (Å²) in [6, 6.07) is 8.70. The molecule has 3 aromatic rings. The number of benzene rings is 2. The molecular formula is C18H13F4N3O4. The molecule has 1 aromatic heterocycles. The number of carbonyl (C=O) groups excluding carboxylic acids is 1. The summed E-state index contributed by atoms with van der Waals surface area (Å²) < 4.78 is 65.4. The highest BCUT2D eigenvalue weighted by Crippen LogP contribution is 2.23. The molecular weight excluding hydrogens is 398 g/mol. The molecule has 0 amide bonds. The fourth-order valence-electron chi connectivity index (χ4n) is 2.30. The Kier molecular flexibility index (Phi) is 5.66. The molecule has 7 nitrogen and oxygen atoms in total. The number of halogens is 4. The molecule has 0 unspecified atom stereocenters. The third kappa shape index (κ3) is 5.21. The molecule has 11 heteroatoms. The molecule has 0 aliphatic heterocycles. The van der Waals surface area contributed by atoms with Crippen LogP contribution < -0.4 is 9.47 Å². The molecule has 0 saturated carbocycles. The Morgan fingerprint density at radius 3 is 2.41 bits per heavy atom. The minimum atomic E-state index is -4.77. The minimum Gasteiger partial charge on any atom is -0.485 e. The van der Waals surface area contributed by atoms with Crippen LogP contribution in [0.4, 0.5) is 17.6 Å². The van der Waals surface area contributed by atoms with Crippen LogP contribution in [0.15, 0.2) is 48.8 Å². The van der Waals surface area contributed by atoms with Crippen LogP contribution in [0.25, 0.3) is 5.69 Å². The smallest absolute Gasteiger partial charge is 0.485 e. The molecule has 0 N–H and O–H groups in total. The van der Waals surface area contributed by atoms with Crippen LogP contribution in [0.3, 0.4) is 0 Å². The molecule has 0 aliphatic rings. The summed E-state index contributed by atoms with van der Waals surface area (Å²) in [6.45, 7) is -0.0979. The Morgan fingerprint density at radius 2 is 1.79 bits per heavy atom. The summed E-state index contributed by atoms with van der Waals surface area (Å²) in [4.78, 5) is 15.4. The van der Waals surface area contributed by atoms with E-state index in [1.54, 1.807) is 0 Å². The largest absolute Gasteiger partial charge is 0.573 e. The number of hydrogen-bond donors (Lipinski definition) is 0. The first kappa shape index (κ1) is 20.1. The Hall–Kier alpha value is -3.63. The Labute approximate surface area is 161 Å². The summed E-state index contributed by atoms with van der Waals surface area (Å²) >= 11 is 0. The number of hydrogen-bond acceptors (Lipinski definition) is 6. The second-order valence-corrected chi connectivity index (χ2v) is 5.57. The maximum Gasteiger partial charge on any atom is 0.573 e. The first-order chi connectivity index (χ1) is 13.7. The Balaban J connectivity index is 1.63. The molecule has 0 fully saturated rings. The summed E-state index contributed by atoms with van der Waals surface area (Å²) in [5.41, 5.74) is 0.229. The van der Waals surface area contributed by atoms with Gasteiger partial charge in [-0.3, -0.25) is 0 Å². The van der Waals surface area contributed by atoms with Gasteiger partial charge < -0.3 is 14.2 Å². The van der Waals surface area contributed by atoms with E-state index < -0.39 is 18.1 Å². The van der Waals surface area contributed by atoms with Crippen molar-refractivity contribution in [3.63, 3.8) is 0 Å². The molecule has 152 valence electrons. The number of rotatable bonds is 6. The van der Waals surface area contributed by atoms with Gasteiger partial charge in [0, 0.05) is 6.07 Å². The SMILES string of the molecule is COC(=O)c1ccc(OCc2ncn(-c3ccc(OC(F)(F)F)cc3)n2)cc1F. The van der Waals surface area contributed by atoms with Gasteiger partial charge in [0.1, 0.15) is 30.3 Å². The van der Waals surface area contributed by atoms with Crippen molar-refractivity contribution in [2.24, 2.45) is 0 Å². The van der Waals surface area contributed by atoms with Crippen molar-refractivity contribution in [3.8, 4) is 17.2 Å². The zero-order valence-corrected chi connectivity index (χ0v) is 14.8. The molecule has 29 heavy (non-hydrogen) atoms. The van der Waals surface area contributed by atoms with Crippen molar-refractivity contribution in [1.82, 2.24) is 14.8 Å². The number of nitrogens with zero attached hydrogens (tertiary/aromatic N) is 3. The lowest BCUT2D eigenvalue weighted by molar-refractivity contribution is -0.274. The topological polar surface area (TPSA) is 75.5 Å². The van der Waals surface area contributed by atoms with Gasteiger partial charge in [0.15, 0.2) is 5.82 Å². The van der Waals surface area contributed by atoms with E-state index in [1.807, 2.05) is 0 Å². The van der Waals surface area contributed by atoms with Crippen molar-refractivity contribution in [3.05, 3.63) is 66.0 Å². The molecule has 0 radical (unpaired) electrons. The summed E-state index contributed by atoms with van der Waals surface area (Å²) in [6.07, 6.45) is -3.42. The number of methoxy groups -OCH3 is 1. The lowest BCUT2D eigenvalue weighted by Crippen LogP contribution is -2.17. The van der Waals surface area contributed by atoms with Crippen LogP contribution in [0.5, 0.6) is 11.5 Å².